The monoisotopic (exact) mass is 292 g/mol. The Bertz CT molecular complexity index is 680. The molecule has 0 bridgehead atoms. The van der Waals surface area contributed by atoms with Crippen LogP contribution in [0.15, 0.2) is 54.6 Å². The third kappa shape index (κ3) is 4.79. The molecule has 2 rings (SSSR count). The van der Waals surface area contributed by atoms with Crippen LogP contribution in [0.2, 0.25) is 0 Å². The summed E-state index contributed by atoms with van der Waals surface area (Å²) in [6.07, 6.45) is 0. The van der Waals surface area contributed by atoms with Gasteiger partial charge < -0.3 is 4.74 Å². The summed E-state index contributed by atoms with van der Waals surface area (Å²) in [4.78, 5) is 11.6. The first kappa shape index (κ1) is 15.9. The lowest BCUT2D eigenvalue weighted by molar-refractivity contribution is -0.137. The molecule has 0 saturated heterocycles. The SMILES string of the molecule is CC(C)(C)c1ccc(COC(=O)C#Cc2ccccc2)cc1. The van der Waals surface area contributed by atoms with Gasteiger partial charge in [-0.05, 0) is 28.7 Å². The zero-order valence-corrected chi connectivity index (χ0v) is 13.2. The second kappa shape index (κ2) is 6.95. The van der Waals surface area contributed by atoms with E-state index in [0.29, 0.717) is 0 Å². The summed E-state index contributed by atoms with van der Waals surface area (Å²) in [5.74, 6) is 4.77. The van der Waals surface area contributed by atoms with E-state index in [1.54, 1.807) is 0 Å². The van der Waals surface area contributed by atoms with Crippen molar-refractivity contribution in [2.45, 2.75) is 32.8 Å². The van der Waals surface area contributed by atoms with Crippen LogP contribution in [0.3, 0.4) is 0 Å². The Labute approximate surface area is 132 Å². The smallest absolute Gasteiger partial charge is 0.385 e. The van der Waals surface area contributed by atoms with Gasteiger partial charge in [-0.3, -0.25) is 0 Å². The van der Waals surface area contributed by atoms with Crippen molar-refractivity contribution in [3.8, 4) is 11.8 Å². The highest BCUT2D eigenvalue weighted by Gasteiger charge is 2.12. The van der Waals surface area contributed by atoms with Crippen LogP contribution in [0.25, 0.3) is 0 Å². The minimum absolute atomic E-state index is 0.121. The fourth-order valence-corrected chi connectivity index (χ4v) is 1.93. The predicted octanol–water partition coefficient (Wildman–Crippen LogP) is 4.08. The van der Waals surface area contributed by atoms with Gasteiger partial charge >= 0.3 is 5.97 Å². The van der Waals surface area contributed by atoms with Crippen LogP contribution < -0.4 is 0 Å². The zero-order chi connectivity index (χ0) is 16.0. The summed E-state index contributed by atoms with van der Waals surface area (Å²) in [6, 6.07) is 17.5. The lowest BCUT2D eigenvalue weighted by atomic mass is 9.87. The van der Waals surface area contributed by atoms with Gasteiger partial charge in [0.25, 0.3) is 0 Å². The predicted molar refractivity (Wildman–Crippen MR) is 88.3 cm³/mol. The molecule has 0 spiro atoms. The first-order chi connectivity index (χ1) is 10.4. The summed E-state index contributed by atoms with van der Waals surface area (Å²) < 4.78 is 5.16. The second-order valence-electron chi connectivity index (χ2n) is 6.14. The Morgan fingerprint density at radius 1 is 1.00 bits per heavy atom. The molecular formula is C20H20O2. The molecule has 2 heteroatoms. The molecule has 0 N–H and O–H groups in total. The largest absolute Gasteiger partial charge is 0.451 e. The van der Waals surface area contributed by atoms with Crippen molar-refractivity contribution >= 4 is 5.97 Å². The molecule has 0 heterocycles. The second-order valence-corrected chi connectivity index (χ2v) is 6.14. The Kier molecular flexibility index (Phi) is 5.01. The highest BCUT2D eigenvalue weighted by Crippen LogP contribution is 2.22. The molecule has 0 atom stereocenters. The molecule has 0 saturated carbocycles. The normalized spacial score (nSPS) is 10.5. The van der Waals surface area contributed by atoms with Gasteiger partial charge in [-0.25, -0.2) is 4.79 Å². The highest BCUT2D eigenvalue weighted by atomic mass is 16.5. The topological polar surface area (TPSA) is 26.3 Å². The minimum atomic E-state index is -0.510. The van der Waals surface area contributed by atoms with E-state index in [1.807, 2.05) is 42.5 Å². The van der Waals surface area contributed by atoms with Gasteiger partial charge in [-0.2, -0.15) is 0 Å². The molecule has 112 valence electrons. The molecular weight excluding hydrogens is 272 g/mol. The number of carbonyl (C=O) groups is 1. The average Bonchev–Trinajstić information content (AvgIpc) is 2.51. The van der Waals surface area contributed by atoms with Gasteiger partial charge in [-0.15, -0.1) is 0 Å². The first-order valence-corrected chi connectivity index (χ1v) is 7.28. The van der Waals surface area contributed by atoms with E-state index in [0.717, 1.165) is 11.1 Å². The van der Waals surface area contributed by atoms with Crippen LogP contribution in [-0.2, 0) is 21.6 Å². The highest BCUT2D eigenvalue weighted by molar-refractivity contribution is 5.89. The maximum atomic E-state index is 11.6. The third-order valence-corrected chi connectivity index (χ3v) is 3.27. The van der Waals surface area contributed by atoms with Crippen LogP contribution in [0.5, 0.6) is 0 Å². The van der Waals surface area contributed by atoms with Crippen molar-refractivity contribution in [1.82, 2.24) is 0 Å². The summed E-state index contributed by atoms with van der Waals surface area (Å²) in [7, 11) is 0. The number of benzene rings is 2. The van der Waals surface area contributed by atoms with Gasteiger partial charge in [0.15, 0.2) is 0 Å². The molecule has 0 radical (unpaired) electrons. The van der Waals surface area contributed by atoms with Gasteiger partial charge in [0.05, 0.1) is 0 Å². The summed E-state index contributed by atoms with van der Waals surface area (Å²) in [5, 5.41) is 0. The van der Waals surface area contributed by atoms with Crippen LogP contribution >= 0.6 is 0 Å². The standard InChI is InChI=1S/C20H20O2/c1-20(2,3)18-12-9-17(10-13-18)15-22-19(21)14-11-16-7-5-4-6-8-16/h4-10,12-13H,15H2,1-3H3. The molecule has 0 unspecified atom stereocenters. The van der Waals surface area contributed by atoms with Crippen LogP contribution in [0, 0.1) is 11.8 Å². The first-order valence-electron chi connectivity index (χ1n) is 7.28. The number of hydrogen-bond acceptors (Lipinski definition) is 2. The Morgan fingerprint density at radius 2 is 1.64 bits per heavy atom. The third-order valence-electron chi connectivity index (χ3n) is 3.27. The molecule has 0 aliphatic rings. The maximum Gasteiger partial charge on any atom is 0.385 e. The number of ether oxygens (including phenoxy) is 1. The number of hydrogen-bond donors (Lipinski definition) is 0. The van der Waals surface area contributed by atoms with E-state index in [-0.39, 0.29) is 12.0 Å². The lowest BCUT2D eigenvalue weighted by Gasteiger charge is -2.19. The molecule has 0 aromatic heterocycles. The zero-order valence-electron chi connectivity index (χ0n) is 13.2. The quantitative estimate of drug-likeness (QED) is 0.616. The molecule has 0 amide bonds. The van der Waals surface area contributed by atoms with Crippen molar-refractivity contribution in [3.63, 3.8) is 0 Å². The molecule has 2 aromatic carbocycles. The van der Waals surface area contributed by atoms with Crippen molar-refractivity contribution in [2.75, 3.05) is 0 Å². The van der Waals surface area contributed by atoms with Crippen molar-refractivity contribution in [3.05, 3.63) is 71.3 Å². The molecule has 2 nitrogen and oxygen atoms in total. The Balaban J connectivity index is 1.90. The summed E-state index contributed by atoms with van der Waals surface area (Å²) in [5.41, 5.74) is 3.14. The molecule has 22 heavy (non-hydrogen) atoms. The van der Waals surface area contributed by atoms with Gasteiger partial charge in [0, 0.05) is 11.5 Å². The fraction of sp³-hybridized carbons (Fsp3) is 0.250. The molecule has 2 aromatic rings. The number of carbonyl (C=O) groups excluding carboxylic acids is 1. The molecule has 0 aliphatic carbocycles. The van der Waals surface area contributed by atoms with E-state index in [9.17, 15) is 4.79 Å². The van der Waals surface area contributed by atoms with Crippen molar-refractivity contribution in [2.24, 2.45) is 0 Å². The lowest BCUT2D eigenvalue weighted by Crippen LogP contribution is -2.11. The van der Waals surface area contributed by atoms with E-state index >= 15 is 0 Å². The van der Waals surface area contributed by atoms with Gasteiger partial charge in [0.1, 0.15) is 6.61 Å². The van der Waals surface area contributed by atoms with E-state index in [1.165, 1.54) is 5.56 Å². The number of esters is 1. The number of rotatable bonds is 2. The van der Waals surface area contributed by atoms with E-state index < -0.39 is 5.97 Å². The average molecular weight is 292 g/mol. The maximum absolute atomic E-state index is 11.6. The minimum Gasteiger partial charge on any atom is -0.451 e. The van der Waals surface area contributed by atoms with Gasteiger partial charge in [0.2, 0.25) is 0 Å². The van der Waals surface area contributed by atoms with Crippen molar-refractivity contribution in [1.29, 1.82) is 0 Å². The fourth-order valence-electron chi connectivity index (χ4n) is 1.93. The van der Waals surface area contributed by atoms with Gasteiger partial charge in [-0.1, -0.05) is 69.2 Å². The Hall–Kier alpha value is -2.53. The molecule has 0 aliphatic heterocycles. The van der Waals surface area contributed by atoms with E-state index in [2.05, 4.69) is 44.7 Å². The van der Waals surface area contributed by atoms with Crippen LogP contribution in [0.4, 0.5) is 0 Å². The van der Waals surface area contributed by atoms with Crippen LogP contribution in [0.1, 0.15) is 37.5 Å². The summed E-state index contributed by atoms with van der Waals surface area (Å²) >= 11 is 0. The van der Waals surface area contributed by atoms with E-state index in [4.69, 9.17) is 4.74 Å². The Morgan fingerprint density at radius 3 is 2.23 bits per heavy atom. The van der Waals surface area contributed by atoms with Crippen LogP contribution in [-0.4, -0.2) is 5.97 Å². The van der Waals surface area contributed by atoms with Crippen molar-refractivity contribution < 1.29 is 9.53 Å². The molecule has 0 fully saturated rings. The summed E-state index contributed by atoms with van der Waals surface area (Å²) in [6.45, 7) is 6.75.